The maximum Gasteiger partial charge on any atom is 0.214 e. The largest absolute Gasteiger partial charge is 0.214 e. The molecule has 16 heavy (non-hydrogen) atoms. The van der Waals surface area contributed by atoms with Crippen LogP contribution in [0.15, 0.2) is 35.5 Å². The first-order valence-corrected chi connectivity index (χ1v) is 6.22. The zero-order valence-electron chi connectivity index (χ0n) is 9.37. The predicted octanol–water partition coefficient (Wildman–Crippen LogP) is 2.41. The minimum Gasteiger partial charge on any atom is -0.188 e. The summed E-state index contributed by atoms with van der Waals surface area (Å²) in [6, 6.07) is 9.93. The highest BCUT2D eigenvalue weighted by Crippen LogP contribution is 2.19. The smallest absolute Gasteiger partial charge is 0.188 e. The van der Waals surface area contributed by atoms with Crippen LogP contribution in [-0.2, 0) is 0 Å². The van der Waals surface area contributed by atoms with Crippen LogP contribution in [0.4, 0.5) is 0 Å². The van der Waals surface area contributed by atoms with E-state index in [-0.39, 0.29) is 0 Å². The highest BCUT2D eigenvalue weighted by Gasteiger charge is 2.08. The maximum atomic E-state index is 4.03. The van der Waals surface area contributed by atoms with Gasteiger partial charge in [-0.1, -0.05) is 43.8 Å². The van der Waals surface area contributed by atoms with Gasteiger partial charge in [-0.25, -0.2) is 0 Å². The summed E-state index contributed by atoms with van der Waals surface area (Å²) in [7, 11) is 0. The van der Waals surface area contributed by atoms with Crippen molar-refractivity contribution in [3.63, 3.8) is 0 Å². The van der Waals surface area contributed by atoms with Gasteiger partial charge in [0.15, 0.2) is 0 Å². The summed E-state index contributed by atoms with van der Waals surface area (Å²) in [5, 5.41) is 12.6. The molecule has 0 spiro atoms. The third-order valence-electron chi connectivity index (χ3n) is 1.99. The summed E-state index contributed by atoms with van der Waals surface area (Å²) in [6.07, 6.45) is 0. The number of nitrogens with zero attached hydrogens (tertiary/aromatic N) is 4. The summed E-state index contributed by atoms with van der Waals surface area (Å²) in [4.78, 5) is 0. The first kappa shape index (κ1) is 11.1. The molecule has 1 heterocycles. The number of tetrazole rings is 1. The van der Waals surface area contributed by atoms with Gasteiger partial charge in [0.1, 0.15) is 0 Å². The van der Waals surface area contributed by atoms with E-state index in [1.807, 2.05) is 30.3 Å². The molecule has 2 rings (SSSR count). The fourth-order valence-corrected chi connectivity index (χ4v) is 2.08. The number of benzene rings is 1. The number of thioether (sulfide) groups is 1. The van der Waals surface area contributed by atoms with E-state index in [4.69, 9.17) is 0 Å². The molecule has 4 nitrogen and oxygen atoms in total. The Hall–Kier alpha value is -1.36. The molecule has 0 atom stereocenters. The van der Waals surface area contributed by atoms with Gasteiger partial charge in [0.05, 0.1) is 5.69 Å². The number of aromatic nitrogens is 4. The summed E-state index contributed by atoms with van der Waals surface area (Å²) in [5.41, 5.74) is 0.999. The fourth-order valence-electron chi connectivity index (χ4n) is 1.24. The highest BCUT2D eigenvalue weighted by molar-refractivity contribution is 7.99. The van der Waals surface area contributed by atoms with Crippen LogP contribution in [-0.4, -0.2) is 26.0 Å². The lowest BCUT2D eigenvalue weighted by atomic mass is 10.3. The molecule has 5 heteroatoms. The van der Waals surface area contributed by atoms with Gasteiger partial charge in [-0.05, 0) is 28.5 Å². The molecular weight excluding hydrogens is 220 g/mol. The molecular formula is C11H14N4S. The summed E-state index contributed by atoms with van der Waals surface area (Å²) in [6.45, 7) is 4.37. The second-order valence-corrected chi connectivity index (χ2v) is 4.90. The van der Waals surface area contributed by atoms with Gasteiger partial charge in [-0.15, -0.1) is 5.10 Å². The molecule has 0 bridgehead atoms. The Labute approximate surface area is 99.1 Å². The van der Waals surface area contributed by atoms with E-state index in [0.717, 1.165) is 16.6 Å². The molecule has 0 fully saturated rings. The summed E-state index contributed by atoms with van der Waals surface area (Å²) in [5.74, 6) is 1.65. The first-order valence-electron chi connectivity index (χ1n) is 5.24. The lowest BCUT2D eigenvalue weighted by molar-refractivity contribution is 0.736. The number of hydrogen-bond acceptors (Lipinski definition) is 4. The van der Waals surface area contributed by atoms with Crippen molar-refractivity contribution >= 4 is 11.8 Å². The second-order valence-electron chi connectivity index (χ2n) is 3.91. The van der Waals surface area contributed by atoms with Gasteiger partial charge in [0.25, 0.3) is 0 Å². The maximum absolute atomic E-state index is 4.03. The van der Waals surface area contributed by atoms with Crippen LogP contribution < -0.4 is 0 Å². The first-order chi connectivity index (χ1) is 7.77. The van der Waals surface area contributed by atoms with E-state index in [9.17, 15) is 0 Å². The van der Waals surface area contributed by atoms with Crippen LogP contribution in [0.25, 0.3) is 5.69 Å². The van der Waals surface area contributed by atoms with Gasteiger partial charge < -0.3 is 0 Å². The molecule has 0 aliphatic carbocycles. The van der Waals surface area contributed by atoms with E-state index in [0.29, 0.717) is 5.92 Å². The zero-order chi connectivity index (χ0) is 11.4. The van der Waals surface area contributed by atoms with Gasteiger partial charge in [0, 0.05) is 5.75 Å². The lowest BCUT2D eigenvalue weighted by Crippen LogP contribution is -2.00. The Bertz CT molecular complexity index is 438. The molecule has 0 unspecified atom stereocenters. The zero-order valence-corrected chi connectivity index (χ0v) is 10.2. The highest BCUT2D eigenvalue weighted by atomic mass is 32.2. The topological polar surface area (TPSA) is 43.6 Å². The van der Waals surface area contributed by atoms with Crippen molar-refractivity contribution in [3.8, 4) is 5.69 Å². The quantitative estimate of drug-likeness (QED) is 0.762. The van der Waals surface area contributed by atoms with Crippen LogP contribution in [0.5, 0.6) is 0 Å². The van der Waals surface area contributed by atoms with Gasteiger partial charge >= 0.3 is 0 Å². The average Bonchev–Trinajstić information content (AvgIpc) is 2.75. The monoisotopic (exact) mass is 234 g/mol. The summed E-state index contributed by atoms with van der Waals surface area (Å²) >= 11 is 1.68. The molecule has 1 aromatic carbocycles. The van der Waals surface area contributed by atoms with Gasteiger partial charge in [0.2, 0.25) is 5.16 Å². The minimum absolute atomic E-state index is 0.630. The van der Waals surface area contributed by atoms with Crippen molar-refractivity contribution in [1.82, 2.24) is 20.2 Å². The van der Waals surface area contributed by atoms with Crippen molar-refractivity contribution < 1.29 is 0 Å². The Kier molecular flexibility index (Phi) is 3.56. The molecule has 84 valence electrons. The van der Waals surface area contributed by atoms with E-state index in [2.05, 4.69) is 29.4 Å². The molecule has 0 radical (unpaired) electrons. The van der Waals surface area contributed by atoms with Gasteiger partial charge in [-0.2, -0.15) is 4.68 Å². The van der Waals surface area contributed by atoms with E-state index in [1.165, 1.54) is 0 Å². The number of para-hydroxylation sites is 1. The van der Waals surface area contributed by atoms with Crippen LogP contribution in [0.1, 0.15) is 13.8 Å². The van der Waals surface area contributed by atoms with Crippen molar-refractivity contribution in [3.05, 3.63) is 30.3 Å². The number of hydrogen-bond donors (Lipinski definition) is 0. The second kappa shape index (κ2) is 5.12. The van der Waals surface area contributed by atoms with Crippen molar-refractivity contribution in [2.45, 2.75) is 19.0 Å². The van der Waals surface area contributed by atoms with Crippen molar-refractivity contribution in [2.24, 2.45) is 5.92 Å². The lowest BCUT2D eigenvalue weighted by Gasteiger charge is -2.05. The Balaban J connectivity index is 2.19. The predicted molar refractivity (Wildman–Crippen MR) is 64.7 cm³/mol. The third kappa shape index (κ3) is 2.61. The number of rotatable bonds is 4. The molecule has 0 N–H and O–H groups in total. The Morgan fingerprint density at radius 3 is 2.69 bits per heavy atom. The summed E-state index contributed by atoms with van der Waals surface area (Å²) < 4.78 is 1.77. The molecule has 1 aromatic heterocycles. The Morgan fingerprint density at radius 2 is 2.00 bits per heavy atom. The normalized spacial score (nSPS) is 10.9. The molecule has 0 aliphatic heterocycles. The minimum atomic E-state index is 0.630. The van der Waals surface area contributed by atoms with E-state index in [1.54, 1.807) is 16.4 Å². The molecule has 0 saturated carbocycles. The molecule has 0 saturated heterocycles. The fraction of sp³-hybridized carbons (Fsp3) is 0.364. The third-order valence-corrected chi connectivity index (χ3v) is 3.33. The average molecular weight is 234 g/mol. The molecule has 0 amide bonds. The Morgan fingerprint density at radius 1 is 1.25 bits per heavy atom. The van der Waals surface area contributed by atoms with Crippen LogP contribution >= 0.6 is 11.8 Å². The molecule has 0 aliphatic rings. The van der Waals surface area contributed by atoms with Crippen molar-refractivity contribution in [2.75, 3.05) is 5.75 Å². The molecule has 2 aromatic rings. The van der Waals surface area contributed by atoms with Crippen LogP contribution in [0, 0.1) is 5.92 Å². The van der Waals surface area contributed by atoms with Gasteiger partial charge in [-0.3, -0.25) is 0 Å². The van der Waals surface area contributed by atoms with Crippen LogP contribution in [0.2, 0.25) is 0 Å². The van der Waals surface area contributed by atoms with Crippen molar-refractivity contribution in [1.29, 1.82) is 0 Å². The van der Waals surface area contributed by atoms with E-state index < -0.39 is 0 Å². The van der Waals surface area contributed by atoms with E-state index >= 15 is 0 Å². The van der Waals surface area contributed by atoms with Crippen LogP contribution in [0.3, 0.4) is 0 Å². The standard InChI is InChI=1S/C11H14N4S/c1-9(2)8-16-11-12-13-14-15(11)10-6-4-3-5-7-10/h3-7,9H,8H2,1-2H3. The SMILES string of the molecule is CC(C)CSc1nnnn1-c1ccccc1.